The lowest BCUT2D eigenvalue weighted by Gasteiger charge is -2.58. The highest BCUT2D eigenvalue weighted by molar-refractivity contribution is 5.96. The summed E-state index contributed by atoms with van der Waals surface area (Å²) in [7, 11) is 0. The molecular formula is C77H104N2O18. The molecule has 0 radical (unpaired) electrons. The molecule has 0 aromatic rings. The lowest BCUT2D eigenvalue weighted by molar-refractivity contribution is -0.164. The largest absolute Gasteiger partial charge is 0.481 e. The molecule has 15 aliphatic rings. The highest BCUT2D eigenvalue weighted by Gasteiger charge is 2.68. The van der Waals surface area contributed by atoms with E-state index >= 15 is 0 Å². The van der Waals surface area contributed by atoms with Gasteiger partial charge in [0.15, 0.2) is 5.78 Å². The second-order valence-corrected chi connectivity index (χ2v) is 35.1. The van der Waals surface area contributed by atoms with Gasteiger partial charge in [-0.3, -0.25) is 57.5 Å². The standard InChI is InChI=1S/C20H26O4.C19H27NO4.C19H25NO4.C19H26O6/c1-19-8-7-12(21)9-11(19)3-4-13-14-5-6-15(18(23)24)20(14,2)10-16(22)17(13)19;2*1-18-8-7-15(22)20-14(18)6-3-10-11-4-5-12(17(23)24)19(11,2)9-13(21)16(10)18;1-18(8-7-15(22)23)14(21)6-3-10-11-4-5-12(17(24)25)19(11,2)9-13(20)16(10)18/h9,13-15,17H,3-8,10H2,1-2H3,(H,23,24);6,10-13,16,21H,3-5,7-9H2,1-2H3,(H,20,22)(H,23,24);6,10-12,16H,3-5,7-9H2,1-2H3,(H,20,22)(H,23,24);10-12,16H,3-9H2,1-2H3,(H,22,23)(H,24,25)/t13?,14?,15?,17?,19-,20-;10?,11?,12?,13-,16?,18-,19-;2*10?,11?,12?,16?,18-,19-/m0000/s1. The zero-order valence-corrected chi connectivity index (χ0v) is 58.0. The molecule has 2 aliphatic heterocycles. The second-order valence-electron chi connectivity index (χ2n) is 35.1. The molecule has 2 heterocycles. The lowest BCUT2D eigenvalue weighted by Crippen LogP contribution is -2.58. The van der Waals surface area contributed by atoms with Gasteiger partial charge in [-0.15, -0.1) is 0 Å². The third-order valence-electron chi connectivity index (χ3n) is 30.8. The number of hydrogen-bond donors (Lipinski definition) is 8. The number of nitrogens with one attached hydrogen (secondary N) is 2. The fourth-order valence-corrected chi connectivity index (χ4v) is 26.2. The number of allylic oxidation sites excluding steroid dienone is 5. The van der Waals surface area contributed by atoms with Gasteiger partial charge in [0.05, 0.1) is 29.8 Å². The molecule has 0 spiro atoms. The smallest absolute Gasteiger partial charge is 0.307 e. The number of amides is 2. The van der Waals surface area contributed by atoms with E-state index in [2.05, 4.69) is 50.5 Å². The monoisotopic (exact) mass is 1340 g/mol. The molecule has 15 rings (SSSR count). The molecule has 530 valence electrons. The van der Waals surface area contributed by atoms with E-state index in [9.17, 15) is 83.1 Å². The number of ketones is 5. The van der Waals surface area contributed by atoms with Crippen molar-refractivity contribution in [2.24, 2.45) is 138 Å². The summed E-state index contributed by atoms with van der Waals surface area (Å²) in [4.78, 5) is 145. The van der Waals surface area contributed by atoms with Crippen molar-refractivity contribution in [2.75, 3.05) is 0 Å². The molecule has 0 bridgehead atoms. The molecule has 20 nitrogen and oxygen atoms in total. The molecule has 10 saturated carbocycles. The first-order valence-electron chi connectivity index (χ1n) is 36.6. The minimum absolute atomic E-state index is 0.00732. The number of hydrogen-bond acceptors (Lipinski definition) is 13. The van der Waals surface area contributed by atoms with Crippen molar-refractivity contribution in [3.63, 3.8) is 0 Å². The number of carbonyl (C=O) groups excluding carboxylic acids is 7. The van der Waals surface area contributed by atoms with Gasteiger partial charge in [-0.25, -0.2) is 0 Å². The Morgan fingerprint density at radius 3 is 1.35 bits per heavy atom. The second kappa shape index (κ2) is 24.9. The van der Waals surface area contributed by atoms with E-state index in [4.69, 9.17) is 5.11 Å². The zero-order valence-electron chi connectivity index (χ0n) is 58.0. The van der Waals surface area contributed by atoms with E-state index in [0.29, 0.717) is 94.8 Å². The summed E-state index contributed by atoms with van der Waals surface area (Å²) >= 11 is 0. The Kier molecular flexibility index (Phi) is 18.1. The molecule has 2 saturated heterocycles. The van der Waals surface area contributed by atoms with Gasteiger partial charge in [-0.2, -0.15) is 0 Å². The average Bonchev–Trinajstić information content (AvgIpc) is 1.66. The van der Waals surface area contributed by atoms with E-state index in [1.165, 1.54) is 5.57 Å². The molecule has 2 amide bonds. The summed E-state index contributed by atoms with van der Waals surface area (Å²) < 4.78 is 0. The van der Waals surface area contributed by atoms with Gasteiger partial charge in [-0.05, 0) is 202 Å². The van der Waals surface area contributed by atoms with Crippen molar-refractivity contribution in [1.82, 2.24) is 10.6 Å². The van der Waals surface area contributed by atoms with Gasteiger partial charge >= 0.3 is 29.8 Å². The van der Waals surface area contributed by atoms with Crippen LogP contribution in [0.25, 0.3) is 0 Å². The number of aliphatic carboxylic acids is 5. The fraction of sp³-hybridized carbons (Fsp3) is 0.766. The highest BCUT2D eigenvalue weighted by Crippen LogP contribution is 2.70. The molecule has 97 heavy (non-hydrogen) atoms. The van der Waals surface area contributed by atoms with Gasteiger partial charge in [-0.1, -0.05) is 73.1 Å². The Hall–Kier alpha value is -6.18. The van der Waals surface area contributed by atoms with Crippen molar-refractivity contribution >= 4 is 70.6 Å². The molecule has 0 aromatic heterocycles. The zero-order chi connectivity index (χ0) is 70.4. The highest BCUT2D eigenvalue weighted by atomic mass is 16.4. The summed E-state index contributed by atoms with van der Waals surface area (Å²) in [5.41, 5.74) is -0.183. The molecule has 8 N–H and O–H groups in total. The van der Waals surface area contributed by atoms with Gasteiger partial charge < -0.3 is 41.3 Å². The van der Waals surface area contributed by atoms with Crippen molar-refractivity contribution in [1.29, 1.82) is 0 Å². The number of rotatable bonds is 7. The first-order valence-corrected chi connectivity index (χ1v) is 36.6. The number of aliphatic hydroxyl groups is 1. The molecule has 13 aliphatic carbocycles. The van der Waals surface area contributed by atoms with Gasteiger partial charge in [0, 0.05) is 96.8 Å². The van der Waals surface area contributed by atoms with E-state index in [-0.39, 0.29) is 146 Å². The Bertz CT molecular complexity index is 3490. The summed E-state index contributed by atoms with van der Waals surface area (Å²) in [5, 5.41) is 64.5. The maximum Gasteiger partial charge on any atom is 0.307 e. The van der Waals surface area contributed by atoms with Crippen LogP contribution in [0.15, 0.2) is 35.2 Å². The molecule has 16 unspecified atom stereocenters. The van der Waals surface area contributed by atoms with Crippen LogP contribution in [-0.4, -0.2) is 107 Å². The number of fused-ring (bicyclic) bond motifs is 18. The van der Waals surface area contributed by atoms with E-state index in [0.717, 1.165) is 82.0 Å². The number of Topliss-reactive ketones (excluding diaryl/α,β-unsaturated/α-hetero) is 4. The summed E-state index contributed by atoms with van der Waals surface area (Å²) in [6.07, 6.45) is 21.5. The number of carbonyl (C=O) groups is 12. The third kappa shape index (κ3) is 11.1. The minimum atomic E-state index is -0.962. The van der Waals surface area contributed by atoms with Crippen LogP contribution in [0, 0.1) is 138 Å². The van der Waals surface area contributed by atoms with Crippen LogP contribution in [0.2, 0.25) is 0 Å². The van der Waals surface area contributed by atoms with Crippen LogP contribution in [0.4, 0.5) is 0 Å². The summed E-state index contributed by atoms with van der Waals surface area (Å²) in [6.45, 7) is 16.3. The lowest BCUT2D eigenvalue weighted by atomic mass is 9.46. The maximum atomic E-state index is 13.2. The van der Waals surface area contributed by atoms with Crippen molar-refractivity contribution in [3.8, 4) is 0 Å². The predicted octanol–water partition coefficient (Wildman–Crippen LogP) is 10.8. The third-order valence-corrected chi connectivity index (χ3v) is 30.8. The molecule has 12 fully saturated rings. The Balaban J connectivity index is 0.000000123. The van der Waals surface area contributed by atoms with E-state index in [1.54, 1.807) is 13.0 Å². The maximum absolute atomic E-state index is 13.2. The molecular weight excluding hydrogens is 1240 g/mol. The topological polar surface area (TPSA) is 350 Å². The Morgan fingerprint density at radius 1 is 0.454 bits per heavy atom. The first-order chi connectivity index (χ1) is 45.4. The van der Waals surface area contributed by atoms with Crippen molar-refractivity contribution in [3.05, 3.63) is 35.2 Å². The number of piperidine rings is 2. The number of aliphatic hydroxyl groups excluding tert-OH is 1. The SMILES string of the molecule is C[C@]12CC(=O)C3C(CC=C4NC(=O)CC[C@@]43C)C1CCC2C(=O)O.C[C@]12CC(=O)C3C(CCC(=O)[C@]3(C)CCC(=O)O)C1CCC2C(=O)O.C[C@]12CC(=O)C3C(CCC4=CC(=O)CC[C@@]43C)C1CCC2C(=O)O.C[C@]12C[C@H](O)C3C(CC=C4NC(=O)CC[C@@]43C)C1CCC2C(=O)O. The first kappa shape index (κ1) is 70.7. The Morgan fingerprint density at radius 2 is 0.856 bits per heavy atom. The Labute approximate surface area is 568 Å². The van der Waals surface area contributed by atoms with Crippen LogP contribution in [0.3, 0.4) is 0 Å². The average molecular weight is 1350 g/mol. The quantitative estimate of drug-likeness (QED) is 0.117. The van der Waals surface area contributed by atoms with Gasteiger partial charge in [0.2, 0.25) is 11.8 Å². The van der Waals surface area contributed by atoms with E-state index < -0.39 is 69.9 Å². The van der Waals surface area contributed by atoms with Crippen LogP contribution in [0.5, 0.6) is 0 Å². The van der Waals surface area contributed by atoms with E-state index in [1.807, 2.05) is 20.8 Å². The summed E-state index contributed by atoms with van der Waals surface area (Å²) in [5.74, 6) is -3.51. The van der Waals surface area contributed by atoms with Crippen molar-refractivity contribution < 1.29 is 88.2 Å². The van der Waals surface area contributed by atoms with Crippen LogP contribution in [0.1, 0.15) is 222 Å². The number of carboxylic acid groups (broad SMARTS) is 5. The van der Waals surface area contributed by atoms with Crippen molar-refractivity contribution in [2.45, 2.75) is 228 Å². The molecule has 20 heteroatoms. The normalized spacial score (nSPS) is 47.0. The minimum Gasteiger partial charge on any atom is -0.481 e. The predicted molar refractivity (Wildman–Crippen MR) is 350 cm³/mol. The van der Waals surface area contributed by atoms with Crippen LogP contribution in [-0.2, 0) is 57.5 Å². The van der Waals surface area contributed by atoms with Crippen LogP contribution < -0.4 is 10.6 Å². The molecule has 25 atom stereocenters. The van der Waals surface area contributed by atoms with Crippen LogP contribution >= 0.6 is 0 Å². The molecule has 0 aromatic carbocycles. The van der Waals surface area contributed by atoms with Gasteiger partial charge in [0.1, 0.15) is 23.1 Å². The number of carboxylic acids is 5. The fourth-order valence-electron chi connectivity index (χ4n) is 26.2. The summed E-state index contributed by atoms with van der Waals surface area (Å²) in [6, 6.07) is 0. The van der Waals surface area contributed by atoms with Gasteiger partial charge in [0.25, 0.3) is 0 Å².